The van der Waals surface area contributed by atoms with Gasteiger partial charge in [-0.05, 0) is 26.4 Å². The van der Waals surface area contributed by atoms with Crippen molar-refractivity contribution in [3.63, 3.8) is 0 Å². The van der Waals surface area contributed by atoms with Gasteiger partial charge in [-0.1, -0.05) is 0 Å². The van der Waals surface area contributed by atoms with Crippen LogP contribution in [0.1, 0.15) is 24.1 Å². The van der Waals surface area contributed by atoms with Gasteiger partial charge in [0.1, 0.15) is 18.5 Å². The molecule has 1 aromatic heterocycles. The van der Waals surface area contributed by atoms with Crippen LogP contribution in [0.4, 0.5) is 5.82 Å². The fourth-order valence-electron chi connectivity index (χ4n) is 3.84. The molecule has 1 aromatic rings. The van der Waals surface area contributed by atoms with Crippen molar-refractivity contribution in [2.24, 2.45) is 0 Å². The third-order valence-electron chi connectivity index (χ3n) is 5.35. The van der Waals surface area contributed by atoms with E-state index in [1.54, 1.807) is 0 Å². The van der Waals surface area contributed by atoms with Crippen molar-refractivity contribution in [3.8, 4) is 12.1 Å². The molecule has 8 nitrogen and oxygen atoms in total. The molecule has 2 saturated heterocycles. The van der Waals surface area contributed by atoms with E-state index in [9.17, 15) is 5.26 Å². The number of nitriles is 1. The summed E-state index contributed by atoms with van der Waals surface area (Å²) in [5.74, 6) is 0.923. The number of ether oxygens (including phenoxy) is 1. The van der Waals surface area contributed by atoms with Crippen molar-refractivity contribution in [2.75, 3.05) is 44.7 Å². The summed E-state index contributed by atoms with van der Waals surface area (Å²) in [5, 5.41) is 15.8. The molecule has 0 aromatic carbocycles. The standard InChI is InChI=1S/C17H25N7O/c1-23-5-2-3-13(23)11-25-17-21-15-9-19-8-14(15)16(22-17)24-6-4-20-12(7-18)10-24/h12-13,19-20H,2-6,8-11H2,1H3/t12?,13-/m0/s1. The maximum Gasteiger partial charge on any atom is 0.318 e. The molecular weight excluding hydrogens is 318 g/mol. The van der Waals surface area contributed by atoms with Crippen molar-refractivity contribution >= 4 is 5.82 Å². The van der Waals surface area contributed by atoms with Crippen LogP contribution in [-0.4, -0.2) is 66.8 Å². The van der Waals surface area contributed by atoms with Crippen LogP contribution in [0, 0.1) is 11.3 Å². The summed E-state index contributed by atoms with van der Waals surface area (Å²) in [5.41, 5.74) is 2.16. The predicted octanol–water partition coefficient (Wildman–Crippen LogP) is -0.145. The lowest BCUT2D eigenvalue weighted by Gasteiger charge is -2.32. The summed E-state index contributed by atoms with van der Waals surface area (Å²) < 4.78 is 5.97. The minimum Gasteiger partial charge on any atom is -0.462 e. The van der Waals surface area contributed by atoms with Crippen LogP contribution in [0.3, 0.4) is 0 Å². The zero-order valence-electron chi connectivity index (χ0n) is 14.7. The number of aromatic nitrogens is 2. The number of nitrogens with zero attached hydrogens (tertiary/aromatic N) is 5. The number of likely N-dealkylation sites (tertiary alicyclic amines) is 1. The number of hydrogen-bond donors (Lipinski definition) is 2. The summed E-state index contributed by atoms with van der Waals surface area (Å²) in [6.45, 7) is 5.55. The molecule has 1 unspecified atom stereocenters. The Balaban J connectivity index is 1.54. The van der Waals surface area contributed by atoms with Crippen LogP contribution >= 0.6 is 0 Å². The first-order valence-corrected chi connectivity index (χ1v) is 9.06. The van der Waals surface area contributed by atoms with E-state index in [1.165, 1.54) is 6.42 Å². The van der Waals surface area contributed by atoms with Crippen LogP contribution in [-0.2, 0) is 13.1 Å². The summed E-state index contributed by atoms with van der Waals surface area (Å²) in [4.78, 5) is 13.9. The second kappa shape index (κ2) is 7.12. The molecular formula is C17H25N7O. The van der Waals surface area contributed by atoms with Crippen LogP contribution in [0.25, 0.3) is 0 Å². The molecule has 0 amide bonds. The van der Waals surface area contributed by atoms with E-state index >= 15 is 0 Å². The first kappa shape index (κ1) is 16.5. The van der Waals surface area contributed by atoms with Gasteiger partial charge >= 0.3 is 6.01 Å². The van der Waals surface area contributed by atoms with Gasteiger partial charge in [-0.25, -0.2) is 0 Å². The number of anilines is 1. The first-order valence-electron chi connectivity index (χ1n) is 9.06. The Labute approximate surface area is 148 Å². The van der Waals surface area contributed by atoms with Crippen molar-refractivity contribution < 1.29 is 4.74 Å². The Morgan fingerprint density at radius 2 is 2.24 bits per heavy atom. The lowest BCUT2D eigenvalue weighted by molar-refractivity contribution is 0.187. The maximum absolute atomic E-state index is 9.22. The van der Waals surface area contributed by atoms with E-state index in [4.69, 9.17) is 9.72 Å². The Bertz CT molecular complexity index is 674. The zero-order chi connectivity index (χ0) is 17.2. The lowest BCUT2D eigenvalue weighted by Crippen LogP contribution is -2.50. The molecule has 8 heteroatoms. The Morgan fingerprint density at radius 1 is 1.32 bits per heavy atom. The smallest absolute Gasteiger partial charge is 0.318 e. The molecule has 2 fully saturated rings. The van der Waals surface area contributed by atoms with Crippen LogP contribution in [0.2, 0.25) is 0 Å². The average Bonchev–Trinajstić information content (AvgIpc) is 3.28. The van der Waals surface area contributed by atoms with Crippen molar-refractivity contribution in [1.29, 1.82) is 5.26 Å². The molecule has 2 N–H and O–H groups in total. The highest BCUT2D eigenvalue weighted by Crippen LogP contribution is 2.28. The highest BCUT2D eigenvalue weighted by atomic mass is 16.5. The van der Waals surface area contributed by atoms with Crippen LogP contribution < -0.4 is 20.3 Å². The first-order chi connectivity index (χ1) is 12.2. The SMILES string of the molecule is CN1CCC[C@H]1COc1nc2c(c(N3CCNC(C#N)C3)n1)CNC2. The highest BCUT2D eigenvalue weighted by molar-refractivity contribution is 5.52. The summed E-state index contributed by atoms with van der Waals surface area (Å²) in [6, 6.07) is 3.05. The summed E-state index contributed by atoms with van der Waals surface area (Å²) in [6.07, 6.45) is 2.39. The van der Waals surface area contributed by atoms with E-state index in [0.29, 0.717) is 25.2 Å². The fraction of sp³-hybridized carbons (Fsp3) is 0.706. The van der Waals surface area contributed by atoms with Gasteiger partial charge in [-0.3, -0.25) is 5.32 Å². The van der Waals surface area contributed by atoms with Gasteiger partial charge in [0, 0.05) is 44.3 Å². The molecule has 0 saturated carbocycles. The average molecular weight is 343 g/mol. The molecule has 4 rings (SSSR count). The van der Waals surface area contributed by atoms with Gasteiger partial charge < -0.3 is 19.9 Å². The Kier molecular flexibility index (Phi) is 4.70. The van der Waals surface area contributed by atoms with Gasteiger partial charge in [0.2, 0.25) is 0 Å². The van der Waals surface area contributed by atoms with Crippen LogP contribution in [0.5, 0.6) is 6.01 Å². The molecule has 3 aliphatic rings. The van der Waals surface area contributed by atoms with Crippen molar-refractivity contribution in [1.82, 2.24) is 25.5 Å². The van der Waals surface area contributed by atoms with Gasteiger partial charge in [-0.2, -0.15) is 15.2 Å². The van der Waals surface area contributed by atoms with E-state index in [-0.39, 0.29) is 6.04 Å². The van der Waals surface area contributed by atoms with Gasteiger partial charge in [0.25, 0.3) is 0 Å². The molecule has 3 aliphatic heterocycles. The maximum atomic E-state index is 9.22. The number of fused-ring (bicyclic) bond motifs is 1. The third-order valence-corrected chi connectivity index (χ3v) is 5.35. The largest absolute Gasteiger partial charge is 0.462 e. The molecule has 25 heavy (non-hydrogen) atoms. The van der Waals surface area contributed by atoms with Gasteiger partial charge in [0.05, 0.1) is 11.8 Å². The minimum absolute atomic E-state index is 0.162. The summed E-state index contributed by atoms with van der Waals surface area (Å²) in [7, 11) is 2.14. The second-order valence-corrected chi connectivity index (χ2v) is 7.03. The van der Waals surface area contributed by atoms with E-state index in [1.807, 2.05) is 0 Å². The number of likely N-dealkylation sites (N-methyl/N-ethyl adjacent to an activating group) is 1. The molecule has 2 atom stereocenters. The molecule has 0 radical (unpaired) electrons. The normalized spacial score (nSPS) is 26.5. The second-order valence-electron chi connectivity index (χ2n) is 7.03. The molecule has 4 heterocycles. The van der Waals surface area contributed by atoms with Crippen molar-refractivity contribution in [3.05, 3.63) is 11.3 Å². The van der Waals surface area contributed by atoms with Crippen molar-refractivity contribution in [2.45, 2.75) is 38.0 Å². The van der Waals surface area contributed by atoms with Gasteiger partial charge in [-0.15, -0.1) is 0 Å². The van der Waals surface area contributed by atoms with E-state index < -0.39 is 0 Å². The quantitative estimate of drug-likeness (QED) is 0.781. The fourth-order valence-corrected chi connectivity index (χ4v) is 3.84. The zero-order valence-corrected chi connectivity index (χ0v) is 14.7. The van der Waals surface area contributed by atoms with E-state index in [2.05, 4.69) is 38.5 Å². The molecule has 134 valence electrons. The molecule has 0 aliphatic carbocycles. The third kappa shape index (κ3) is 3.40. The molecule has 0 spiro atoms. The van der Waals surface area contributed by atoms with Crippen LogP contribution in [0.15, 0.2) is 0 Å². The number of hydrogen-bond acceptors (Lipinski definition) is 8. The topological polar surface area (TPSA) is 89.3 Å². The Morgan fingerprint density at radius 3 is 3.04 bits per heavy atom. The minimum atomic E-state index is -0.162. The van der Waals surface area contributed by atoms with E-state index in [0.717, 1.165) is 56.2 Å². The number of nitrogens with one attached hydrogen (secondary N) is 2. The van der Waals surface area contributed by atoms with Gasteiger partial charge in [0.15, 0.2) is 0 Å². The monoisotopic (exact) mass is 343 g/mol. The number of piperazine rings is 1. The number of rotatable bonds is 4. The molecule has 0 bridgehead atoms. The predicted molar refractivity (Wildman–Crippen MR) is 93.3 cm³/mol. The Hall–Kier alpha value is -1.95. The summed E-state index contributed by atoms with van der Waals surface area (Å²) >= 11 is 0. The lowest BCUT2D eigenvalue weighted by atomic mass is 10.2. The highest BCUT2D eigenvalue weighted by Gasteiger charge is 2.28.